The van der Waals surface area contributed by atoms with E-state index in [1.54, 1.807) is 11.3 Å². The predicted octanol–water partition coefficient (Wildman–Crippen LogP) is 2.89. The van der Waals surface area contributed by atoms with Crippen LogP contribution in [-0.2, 0) is 6.54 Å². The van der Waals surface area contributed by atoms with Crippen molar-refractivity contribution in [3.63, 3.8) is 0 Å². The zero-order valence-electron chi connectivity index (χ0n) is 12.0. The second-order valence-electron chi connectivity index (χ2n) is 5.66. The van der Waals surface area contributed by atoms with E-state index in [1.165, 1.54) is 20.2 Å². The van der Waals surface area contributed by atoms with Crippen molar-refractivity contribution in [3.05, 3.63) is 48.0 Å². The summed E-state index contributed by atoms with van der Waals surface area (Å²) in [7, 11) is 0. The molecule has 4 heteroatoms. The van der Waals surface area contributed by atoms with Crippen LogP contribution in [0.25, 0.3) is 20.2 Å². The van der Waals surface area contributed by atoms with E-state index in [9.17, 15) is 10.2 Å². The van der Waals surface area contributed by atoms with Gasteiger partial charge in [-0.25, -0.2) is 0 Å². The van der Waals surface area contributed by atoms with Crippen LogP contribution < -0.4 is 5.32 Å². The summed E-state index contributed by atoms with van der Waals surface area (Å²) in [4.78, 5) is 0. The Hall–Kier alpha value is -1.46. The summed E-state index contributed by atoms with van der Waals surface area (Å²) in [5.74, 6) is 0. The molecule has 3 N–H and O–H groups in total. The third kappa shape index (κ3) is 2.80. The number of benzene rings is 2. The molecule has 0 radical (unpaired) electrons. The maximum atomic E-state index is 9.32. The molecule has 0 bridgehead atoms. The number of rotatable bonds is 5. The molecule has 110 valence electrons. The average molecular weight is 301 g/mol. The second kappa shape index (κ2) is 5.73. The Morgan fingerprint density at radius 1 is 1.00 bits per heavy atom. The first kappa shape index (κ1) is 14.5. The lowest BCUT2D eigenvalue weighted by atomic mass is 10.0. The fraction of sp³-hybridized carbons (Fsp3) is 0.294. The van der Waals surface area contributed by atoms with E-state index in [0.29, 0.717) is 6.54 Å². The monoisotopic (exact) mass is 301 g/mol. The van der Waals surface area contributed by atoms with Gasteiger partial charge in [-0.05, 0) is 30.7 Å². The van der Waals surface area contributed by atoms with Gasteiger partial charge in [0, 0.05) is 26.7 Å². The normalized spacial score (nSPS) is 12.3. The average Bonchev–Trinajstić information content (AvgIpc) is 2.90. The van der Waals surface area contributed by atoms with Gasteiger partial charge in [-0.3, -0.25) is 0 Å². The van der Waals surface area contributed by atoms with Gasteiger partial charge in [0.25, 0.3) is 0 Å². The van der Waals surface area contributed by atoms with Gasteiger partial charge in [-0.15, -0.1) is 11.3 Å². The van der Waals surface area contributed by atoms with Crippen LogP contribution in [0.5, 0.6) is 0 Å². The number of aliphatic hydroxyl groups is 2. The standard InChI is InChI=1S/C17H19NO2S/c1-17(10-19,11-20)18-9-12-6-7-16-14(8-12)13-4-2-3-5-15(13)21-16/h2-8,18-20H,9-11H2,1H3. The smallest absolute Gasteiger partial charge is 0.0633 e. The molecule has 0 fully saturated rings. The molecule has 0 saturated heterocycles. The van der Waals surface area contributed by atoms with Gasteiger partial charge >= 0.3 is 0 Å². The minimum atomic E-state index is -0.647. The maximum Gasteiger partial charge on any atom is 0.0633 e. The topological polar surface area (TPSA) is 52.5 Å². The van der Waals surface area contributed by atoms with Crippen LogP contribution in [0.15, 0.2) is 42.5 Å². The zero-order chi connectivity index (χ0) is 14.9. The number of nitrogens with one attached hydrogen (secondary N) is 1. The molecule has 3 nitrogen and oxygen atoms in total. The van der Waals surface area contributed by atoms with E-state index in [1.807, 2.05) is 6.92 Å². The molecule has 21 heavy (non-hydrogen) atoms. The molecule has 2 aromatic carbocycles. The summed E-state index contributed by atoms with van der Waals surface area (Å²) >= 11 is 1.80. The van der Waals surface area contributed by atoms with Crippen LogP contribution in [0.3, 0.4) is 0 Å². The third-order valence-electron chi connectivity index (χ3n) is 3.86. The molecule has 0 aliphatic carbocycles. The maximum absolute atomic E-state index is 9.32. The van der Waals surface area contributed by atoms with Crippen LogP contribution in [-0.4, -0.2) is 29.0 Å². The van der Waals surface area contributed by atoms with E-state index in [0.717, 1.165) is 5.56 Å². The first-order valence-corrected chi connectivity index (χ1v) is 7.84. The Morgan fingerprint density at radius 3 is 2.48 bits per heavy atom. The van der Waals surface area contributed by atoms with Gasteiger partial charge in [0.2, 0.25) is 0 Å². The molecule has 3 rings (SSSR count). The van der Waals surface area contributed by atoms with Crippen molar-refractivity contribution in [1.82, 2.24) is 5.32 Å². The predicted molar refractivity (Wildman–Crippen MR) is 88.7 cm³/mol. The van der Waals surface area contributed by atoms with Gasteiger partial charge < -0.3 is 15.5 Å². The van der Waals surface area contributed by atoms with Gasteiger partial charge in [-0.1, -0.05) is 24.3 Å². The van der Waals surface area contributed by atoms with Crippen molar-refractivity contribution in [1.29, 1.82) is 0 Å². The fourth-order valence-electron chi connectivity index (χ4n) is 2.36. The van der Waals surface area contributed by atoms with Gasteiger partial charge in [0.1, 0.15) is 0 Å². The second-order valence-corrected chi connectivity index (χ2v) is 6.74. The number of thiophene rings is 1. The molecule has 0 saturated carbocycles. The number of hydrogen-bond acceptors (Lipinski definition) is 4. The fourth-order valence-corrected chi connectivity index (χ4v) is 3.45. The highest BCUT2D eigenvalue weighted by atomic mass is 32.1. The molecule has 0 unspecified atom stereocenters. The quantitative estimate of drug-likeness (QED) is 0.679. The Labute approximate surface area is 127 Å². The van der Waals surface area contributed by atoms with Crippen LogP contribution in [0.1, 0.15) is 12.5 Å². The van der Waals surface area contributed by atoms with Crippen LogP contribution >= 0.6 is 11.3 Å². The molecular formula is C17H19NO2S. The summed E-state index contributed by atoms with van der Waals surface area (Å²) in [6, 6.07) is 14.9. The lowest BCUT2D eigenvalue weighted by Gasteiger charge is -2.26. The largest absolute Gasteiger partial charge is 0.394 e. The molecular weight excluding hydrogens is 282 g/mol. The van der Waals surface area contributed by atoms with Crippen LogP contribution in [0.2, 0.25) is 0 Å². The molecule has 0 aliphatic rings. The molecule has 1 aromatic heterocycles. The highest BCUT2D eigenvalue weighted by Crippen LogP contribution is 2.34. The van der Waals surface area contributed by atoms with E-state index < -0.39 is 5.54 Å². The summed E-state index contributed by atoms with van der Waals surface area (Å²) in [6.45, 7) is 2.25. The Balaban J connectivity index is 1.92. The summed E-state index contributed by atoms with van der Waals surface area (Å²) in [5.41, 5.74) is 0.505. The highest BCUT2D eigenvalue weighted by molar-refractivity contribution is 7.25. The van der Waals surface area contributed by atoms with Gasteiger partial charge in [0.05, 0.1) is 18.8 Å². The highest BCUT2D eigenvalue weighted by Gasteiger charge is 2.21. The first-order chi connectivity index (χ1) is 10.1. The number of hydrogen-bond donors (Lipinski definition) is 3. The van der Waals surface area contributed by atoms with Crippen molar-refractivity contribution >= 4 is 31.5 Å². The van der Waals surface area contributed by atoms with E-state index >= 15 is 0 Å². The molecule has 0 aliphatic heterocycles. The van der Waals surface area contributed by atoms with Crippen molar-refractivity contribution in [2.75, 3.05) is 13.2 Å². The van der Waals surface area contributed by atoms with Crippen molar-refractivity contribution < 1.29 is 10.2 Å². The van der Waals surface area contributed by atoms with E-state index in [-0.39, 0.29) is 13.2 Å². The lowest BCUT2D eigenvalue weighted by Crippen LogP contribution is -2.48. The Bertz CT molecular complexity index is 762. The van der Waals surface area contributed by atoms with Crippen LogP contribution in [0.4, 0.5) is 0 Å². The summed E-state index contributed by atoms with van der Waals surface area (Å²) in [6.07, 6.45) is 0. The number of fused-ring (bicyclic) bond motifs is 3. The third-order valence-corrected chi connectivity index (χ3v) is 5.01. The summed E-state index contributed by atoms with van der Waals surface area (Å²) in [5, 5.41) is 24.4. The molecule has 0 amide bonds. The first-order valence-electron chi connectivity index (χ1n) is 7.02. The summed E-state index contributed by atoms with van der Waals surface area (Å²) < 4.78 is 2.58. The zero-order valence-corrected chi connectivity index (χ0v) is 12.8. The van der Waals surface area contributed by atoms with Crippen molar-refractivity contribution in [3.8, 4) is 0 Å². The van der Waals surface area contributed by atoms with Gasteiger partial charge in [0.15, 0.2) is 0 Å². The van der Waals surface area contributed by atoms with E-state index in [4.69, 9.17) is 0 Å². The minimum Gasteiger partial charge on any atom is -0.394 e. The lowest BCUT2D eigenvalue weighted by molar-refractivity contribution is 0.103. The molecule has 1 heterocycles. The molecule has 3 aromatic rings. The van der Waals surface area contributed by atoms with Gasteiger partial charge in [-0.2, -0.15) is 0 Å². The number of aliphatic hydroxyl groups excluding tert-OH is 2. The Kier molecular flexibility index (Phi) is 3.95. The molecule has 0 atom stereocenters. The van der Waals surface area contributed by atoms with Crippen molar-refractivity contribution in [2.45, 2.75) is 19.0 Å². The minimum absolute atomic E-state index is 0.0902. The van der Waals surface area contributed by atoms with E-state index in [2.05, 4.69) is 47.8 Å². The van der Waals surface area contributed by atoms with Crippen molar-refractivity contribution in [2.24, 2.45) is 0 Å². The van der Waals surface area contributed by atoms with Crippen LogP contribution in [0, 0.1) is 0 Å². The molecule has 0 spiro atoms. The Morgan fingerprint density at radius 2 is 1.71 bits per heavy atom. The SMILES string of the molecule is CC(CO)(CO)NCc1ccc2sc3ccccc3c2c1.